The molecule has 0 amide bonds. The Labute approximate surface area is 138 Å². The number of fused-ring (bicyclic) bond motifs is 1. The van der Waals surface area contributed by atoms with Gasteiger partial charge in [0.05, 0.1) is 17.8 Å². The van der Waals surface area contributed by atoms with Crippen molar-refractivity contribution in [1.29, 1.82) is 0 Å². The molecule has 0 aliphatic rings. The van der Waals surface area contributed by atoms with E-state index in [2.05, 4.69) is 4.98 Å². The van der Waals surface area contributed by atoms with Crippen molar-refractivity contribution >= 4 is 17.4 Å². The Bertz CT molecular complexity index is 837. The molecule has 24 heavy (non-hydrogen) atoms. The lowest BCUT2D eigenvalue weighted by atomic mass is 10.1. The fraction of sp³-hybridized carbons (Fsp3) is 0.158. The van der Waals surface area contributed by atoms with Crippen molar-refractivity contribution in [3.05, 3.63) is 71.7 Å². The summed E-state index contributed by atoms with van der Waals surface area (Å²) < 4.78 is 24.1. The number of hydrogen-bond acceptors (Lipinski definition) is 4. The Balaban J connectivity index is 1.83. The molecule has 0 N–H and O–H groups in total. The molecule has 4 nitrogen and oxygen atoms in total. The van der Waals surface area contributed by atoms with Crippen LogP contribution in [0.4, 0.5) is 4.39 Å². The van der Waals surface area contributed by atoms with Gasteiger partial charge in [-0.15, -0.1) is 0 Å². The summed E-state index contributed by atoms with van der Waals surface area (Å²) in [6, 6.07) is 16.0. The highest BCUT2D eigenvalue weighted by Gasteiger charge is 2.09. The Kier molecular flexibility index (Phi) is 5.01. The fourth-order valence-electron chi connectivity index (χ4n) is 2.46. The highest BCUT2D eigenvalue weighted by atomic mass is 19.1. The molecule has 3 rings (SSSR count). The summed E-state index contributed by atoms with van der Waals surface area (Å²) in [6.45, 7) is 0.867. The first-order chi connectivity index (χ1) is 11.8. The molecule has 0 radical (unpaired) electrons. The molecule has 0 unspecified atom stereocenters. The largest absolute Gasteiger partial charge is 0.492 e. The predicted molar refractivity (Wildman–Crippen MR) is 88.2 cm³/mol. The lowest BCUT2D eigenvalue weighted by Gasteiger charge is -2.11. The summed E-state index contributed by atoms with van der Waals surface area (Å²) in [5.41, 5.74) is 2.31. The van der Waals surface area contributed by atoms with Gasteiger partial charge in [0.15, 0.2) is 0 Å². The van der Waals surface area contributed by atoms with Crippen LogP contribution in [0.3, 0.4) is 0 Å². The van der Waals surface area contributed by atoms with Crippen molar-refractivity contribution in [2.45, 2.75) is 13.0 Å². The SMILES string of the molecule is O=COCc1cc(OCCc2ccccc2)c2cc(F)ccc2n1. The lowest BCUT2D eigenvalue weighted by molar-refractivity contribution is -0.129. The normalized spacial score (nSPS) is 10.5. The van der Waals surface area contributed by atoms with Crippen molar-refractivity contribution in [1.82, 2.24) is 4.98 Å². The first-order valence-electron chi connectivity index (χ1n) is 7.57. The summed E-state index contributed by atoms with van der Waals surface area (Å²) in [5.74, 6) is 0.175. The topological polar surface area (TPSA) is 48.4 Å². The average molecular weight is 325 g/mol. The molecule has 0 saturated heterocycles. The summed E-state index contributed by atoms with van der Waals surface area (Å²) in [7, 11) is 0. The average Bonchev–Trinajstić information content (AvgIpc) is 2.61. The fourth-order valence-corrected chi connectivity index (χ4v) is 2.46. The number of rotatable bonds is 7. The second kappa shape index (κ2) is 7.55. The van der Waals surface area contributed by atoms with E-state index in [1.165, 1.54) is 12.1 Å². The zero-order valence-corrected chi connectivity index (χ0v) is 12.9. The zero-order valence-electron chi connectivity index (χ0n) is 12.9. The number of hydrogen-bond donors (Lipinski definition) is 0. The minimum absolute atomic E-state index is 0.0475. The Morgan fingerprint density at radius 3 is 2.71 bits per heavy atom. The summed E-state index contributed by atoms with van der Waals surface area (Å²) in [4.78, 5) is 14.7. The molecule has 2 aromatic carbocycles. The van der Waals surface area contributed by atoms with Crippen LogP contribution >= 0.6 is 0 Å². The predicted octanol–water partition coefficient (Wildman–Crippen LogP) is 3.67. The molecule has 0 bridgehead atoms. The second-order valence-corrected chi connectivity index (χ2v) is 5.26. The van der Waals surface area contributed by atoms with E-state index in [0.29, 0.717) is 35.4 Å². The smallest absolute Gasteiger partial charge is 0.293 e. The van der Waals surface area contributed by atoms with E-state index in [-0.39, 0.29) is 12.4 Å². The molecular weight excluding hydrogens is 309 g/mol. The van der Waals surface area contributed by atoms with E-state index < -0.39 is 0 Å². The third-order valence-corrected chi connectivity index (χ3v) is 3.58. The van der Waals surface area contributed by atoms with Gasteiger partial charge in [0.2, 0.25) is 0 Å². The van der Waals surface area contributed by atoms with Gasteiger partial charge in [0, 0.05) is 17.9 Å². The van der Waals surface area contributed by atoms with Gasteiger partial charge in [-0.2, -0.15) is 0 Å². The van der Waals surface area contributed by atoms with Crippen LogP contribution in [0.1, 0.15) is 11.3 Å². The minimum Gasteiger partial charge on any atom is -0.492 e. The van der Waals surface area contributed by atoms with Crippen molar-refractivity contribution < 1.29 is 18.7 Å². The number of nitrogens with zero attached hydrogens (tertiary/aromatic N) is 1. The number of halogens is 1. The molecule has 0 aliphatic heterocycles. The van der Waals surface area contributed by atoms with E-state index >= 15 is 0 Å². The number of ether oxygens (including phenoxy) is 2. The van der Waals surface area contributed by atoms with Gasteiger partial charge in [-0.25, -0.2) is 9.37 Å². The van der Waals surface area contributed by atoms with Crippen molar-refractivity contribution in [3.63, 3.8) is 0 Å². The maximum absolute atomic E-state index is 13.6. The van der Waals surface area contributed by atoms with Crippen molar-refractivity contribution in [2.75, 3.05) is 6.61 Å². The summed E-state index contributed by atoms with van der Waals surface area (Å²) >= 11 is 0. The number of benzene rings is 2. The first-order valence-corrected chi connectivity index (χ1v) is 7.57. The molecule has 1 heterocycles. The number of carbonyl (C=O) groups is 1. The van der Waals surface area contributed by atoms with Crippen LogP contribution < -0.4 is 4.74 Å². The van der Waals surface area contributed by atoms with Gasteiger partial charge >= 0.3 is 0 Å². The van der Waals surface area contributed by atoms with E-state index in [9.17, 15) is 9.18 Å². The lowest BCUT2D eigenvalue weighted by Crippen LogP contribution is -2.04. The van der Waals surface area contributed by atoms with Crippen molar-refractivity contribution in [2.24, 2.45) is 0 Å². The molecule has 3 aromatic rings. The van der Waals surface area contributed by atoms with Gasteiger partial charge < -0.3 is 9.47 Å². The van der Waals surface area contributed by atoms with Crippen LogP contribution in [0, 0.1) is 5.82 Å². The molecule has 0 spiro atoms. The van der Waals surface area contributed by atoms with E-state index in [1.54, 1.807) is 12.1 Å². The van der Waals surface area contributed by atoms with Gasteiger partial charge in [-0.05, 0) is 23.8 Å². The maximum atomic E-state index is 13.6. The Morgan fingerprint density at radius 1 is 1.08 bits per heavy atom. The van der Waals surface area contributed by atoms with Crippen LogP contribution in [-0.2, 0) is 22.6 Å². The van der Waals surface area contributed by atoms with Gasteiger partial charge in [0.1, 0.15) is 18.2 Å². The molecule has 0 saturated carbocycles. The standard InChI is InChI=1S/C19H16FNO3/c20-15-6-7-18-17(10-15)19(11-16(21-18)12-23-13-22)24-9-8-14-4-2-1-3-5-14/h1-7,10-11,13H,8-9,12H2. The molecule has 5 heteroatoms. The van der Waals surface area contributed by atoms with Crippen LogP contribution in [0.15, 0.2) is 54.6 Å². The molecule has 1 aromatic heterocycles. The van der Waals surface area contributed by atoms with Crippen LogP contribution in [0.5, 0.6) is 5.75 Å². The van der Waals surface area contributed by atoms with Gasteiger partial charge in [0.25, 0.3) is 6.47 Å². The van der Waals surface area contributed by atoms with Crippen LogP contribution in [0.25, 0.3) is 10.9 Å². The Morgan fingerprint density at radius 2 is 1.92 bits per heavy atom. The molecular formula is C19H16FNO3. The molecule has 0 aliphatic carbocycles. The van der Waals surface area contributed by atoms with Gasteiger partial charge in [-0.1, -0.05) is 30.3 Å². The minimum atomic E-state index is -0.353. The van der Waals surface area contributed by atoms with Crippen molar-refractivity contribution in [3.8, 4) is 5.75 Å². The molecule has 122 valence electrons. The van der Waals surface area contributed by atoms with E-state index in [0.717, 1.165) is 12.0 Å². The summed E-state index contributed by atoms with van der Waals surface area (Å²) in [5, 5.41) is 0.595. The first kappa shape index (κ1) is 15.9. The quantitative estimate of drug-likeness (QED) is 0.622. The number of carbonyl (C=O) groups excluding carboxylic acids is 1. The third kappa shape index (κ3) is 3.87. The highest BCUT2D eigenvalue weighted by Crippen LogP contribution is 2.27. The number of aromatic nitrogens is 1. The maximum Gasteiger partial charge on any atom is 0.293 e. The second-order valence-electron chi connectivity index (χ2n) is 5.26. The Hall–Kier alpha value is -2.95. The molecule has 0 atom stereocenters. The summed E-state index contributed by atoms with van der Waals surface area (Å²) in [6.07, 6.45) is 0.736. The van der Waals surface area contributed by atoms with E-state index in [1.807, 2.05) is 30.3 Å². The monoisotopic (exact) mass is 325 g/mol. The third-order valence-electron chi connectivity index (χ3n) is 3.58. The number of pyridine rings is 1. The molecule has 0 fully saturated rings. The van der Waals surface area contributed by atoms with Crippen LogP contribution in [-0.4, -0.2) is 18.1 Å². The van der Waals surface area contributed by atoms with Crippen LogP contribution in [0.2, 0.25) is 0 Å². The highest BCUT2D eigenvalue weighted by molar-refractivity contribution is 5.85. The van der Waals surface area contributed by atoms with E-state index in [4.69, 9.17) is 9.47 Å². The van der Waals surface area contributed by atoms with Gasteiger partial charge in [-0.3, -0.25) is 4.79 Å². The zero-order chi connectivity index (χ0) is 16.8.